The summed E-state index contributed by atoms with van der Waals surface area (Å²) in [4.78, 5) is 12.2. The van der Waals surface area contributed by atoms with Crippen LogP contribution < -0.4 is 19.6 Å². The minimum absolute atomic E-state index is 0.324. The average Bonchev–Trinajstić information content (AvgIpc) is 2.55. The predicted octanol–water partition coefficient (Wildman–Crippen LogP) is 3.01. The van der Waals surface area contributed by atoms with Gasteiger partial charge in [0.2, 0.25) is 5.75 Å². The van der Waals surface area contributed by atoms with Gasteiger partial charge in [0.15, 0.2) is 11.5 Å². The molecular weight excluding hydrogens is 284 g/mol. The van der Waals surface area contributed by atoms with Crippen LogP contribution in [0, 0.1) is 0 Å². The summed E-state index contributed by atoms with van der Waals surface area (Å²) >= 11 is 0. The molecule has 1 aromatic carbocycles. The number of amides is 1. The molecule has 0 spiro atoms. The average molecular weight is 308 g/mol. The maximum atomic E-state index is 12.2. The van der Waals surface area contributed by atoms with Gasteiger partial charge in [0.05, 0.1) is 21.3 Å². The smallest absolute Gasteiger partial charge is 0.271 e. The Bertz CT molecular complexity index is 516. The topological polar surface area (TPSA) is 69.2 Å². The van der Waals surface area contributed by atoms with E-state index in [1.807, 2.05) is 6.92 Å². The summed E-state index contributed by atoms with van der Waals surface area (Å²) in [7, 11) is 4.53. The van der Waals surface area contributed by atoms with E-state index in [0.29, 0.717) is 22.8 Å². The van der Waals surface area contributed by atoms with E-state index < -0.39 is 0 Å². The second kappa shape index (κ2) is 8.92. The van der Waals surface area contributed by atoms with Crippen LogP contribution >= 0.6 is 0 Å². The molecule has 0 saturated heterocycles. The normalized spacial score (nSPS) is 11.0. The third-order valence-electron chi connectivity index (χ3n) is 3.17. The highest BCUT2D eigenvalue weighted by molar-refractivity contribution is 5.96. The molecule has 1 aromatic rings. The highest BCUT2D eigenvalue weighted by atomic mass is 16.5. The van der Waals surface area contributed by atoms with E-state index in [-0.39, 0.29) is 5.91 Å². The van der Waals surface area contributed by atoms with E-state index in [4.69, 9.17) is 14.2 Å². The molecule has 0 heterocycles. The van der Waals surface area contributed by atoms with Crippen LogP contribution in [0.4, 0.5) is 0 Å². The number of carbonyl (C=O) groups excluding carboxylic acids is 1. The molecule has 0 bridgehead atoms. The molecule has 0 saturated carbocycles. The third-order valence-corrected chi connectivity index (χ3v) is 3.17. The summed E-state index contributed by atoms with van der Waals surface area (Å²) in [5, 5.41) is 4.10. The lowest BCUT2D eigenvalue weighted by Gasteiger charge is -2.13. The van der Waals surface area contributed by atoms with Gasteiger partial charge in [-0.05, 0) is 31.9 Å². The number of carbonyl (C=O) groups is 1. The molecule has 22 heavy (non-hydrogen) atoms. The molecule has 0 aliphatic carbocycles. The third kappa shape index (κ3) is 4.65. The van der Waals surface area contributed by atoms with Gasteiger partial charge in [0, 0.05) is 11.3 Å². The Morgan fingerprint density at radius 1 is 1.14 bits per heavy atom. The molecule has 122 valence electrons. The summed E-state index contributed by atoms with van der Waals surface area (Å²) in [6.07, 6.45) is 3.01. The van der Waals surface area contributed by atoms with Crippen molar-refractivity contribution in [3.8, 4) is 17.2 Å². The fourth-order valence-electron chi connectivity index (χ4n) is 1.91. The van der Waals surface area contributed by atoms with Gasteiger partial charge in [-0.15, -0.1) is 0 Å². The van der Waals surface area contributed by atoms with Crippen molar-refractivity contribution in [1.82, 2.24) is 5.43 Å². The highest BCUT2D eigenvalue weighted by Gasteiger charge is 2.16. The van der Waals surface area contributed by atoms with Crippen LogP contribution in [0.3, 0.4) is 0 Å². The maximum Gasteiger partial charge on any atom is 0.271 e. The Kier molecular flexibility index (Phi) is 7.22. The zero-order valence-corrected chi connectivity index (χ0v) is 13.9. The van der Waals surface area contributed by atoms with E-state index >= 15 is 0 Å². The molecule has 0 fully saturated rings. The minimum atomic E-state index is -0.324. The molecule has 1 N–H and O–H groups in total. The van der Waals surface area contributed by atoms with Crippen LogP contribution in [0.25, 0.3) is 0 Å². The molecular formula is C16H24N2O4. The number of methoxy groups -OCH3 is 3. The second-order valence-electron chi connectivity index (χ2n) is 4.81. The zero-order chi connectivity index (χ0) is 16.5. The lowest BCUT2D eigenvalue weighted by atomic mass is 10.1. The van der Waals surface area contributed by atoms with Gasteiger partial charge in [-0.25, -0.2) is 5.43 Å². The molecule has 6 nitrogen and oxygen atoms in total. The van der Waals surface area contributed by atoms with E-state index in [1.54, 1.807) is 12.1 Å². The Labute approximate surface area is 131 Å². The molecule has 0 aromatic heterocycles. The Morgan fingerprint density at radius 3 is 2.18 bits per heavy atom. The summed E-state index contributed by atoms with van der Waals surface area (Å²) in [6, 6.07) is 3.18. The molecule has 1 amide bonds. The van der Waals surface area contributed by atoms with Crippen molar-refractivity contribution in [2.75, 3.05) is 21.3 Å². The number of rotatable bonds is 8. The number of hydrogen-bond donors (Lipinski definition) is 1. The molecule has 0 aliphatic rings. The lowest BCUT2D eigenvalue weighted by molar-refractivity contribution is 0.0954. The van der Waals surface area contributed by atoms with Crippen molar-refractivity contribution in [3.63, 3.8) is 0 Å². The number of benzene rings is 1. The van der Waals surface area contributed by atoms with E-state index in [0.717, 1.165) is 25.0 Å². The van der Waals surface area contributed by atoms with Crippen molar-refractivity contribution in [2.45, 2.75) is 33.1 Å². The predicted molar refractivity (Wildman–Crippen MR) is 86.2 cm³/mol. The van der Waals surface area contributed by atoms with Crippen LogP contribution in [0.15, 0.2) is 17.2 Å². The monoisotopic (exact) mass is 308 g/mol. The van der Waals surface area contributed by atoms with Crippen molar-refractivity contribution in [3.05, 3.63) is 17.7 Å². The van der Waals surface area contributed by atoms with Gasteiger partial charge < -0.3 is 14.2 Å². The van der Waals surface area contributed by atoms with Crippen molar-refractivity contribution in [1.29, 1.82) is 0 Å². The number of ether oxygens (including phenoxy) is 3. The Balaban J connectivity index is 2.94. The molecule has 0 radical (unpaired) electrons. The lowest BCUT2D eigenvalue weighted by Crippen LogP contribution is -2.19. The number of nitrogens with zero attached hydrogens (tertiary/aromatic N) is 1. The van der Waals surface area contributed by atoms with Crippen molar-refractivity contribution in [2.24, 2.45) is 5.10 Å². The molecule has 0 atom stereocenters. The van der Waals surface area contributed by atoms with Crippen LogP contribution in [0.1, 0.15) is 43.5 Å². The largest absolute Gasteiger partial charge is 0.493 e. The quantitative estimate of drug-likeness (QED) is 0.592. The zero-order valence-electron chi connectivity index (χ0n) is 13.9. The fourth-order valence-corrected chi connectivity index (χ4v) is 1.91. The van der Waals surface area contributed by atoms with Gasteiger partial charge in [0.1, 0.15) is 0 Å². The first kappa shape index (κ1) is 17.8. The number of nitrogens with one attached hydrogen (secondary N) is 1. The van der Waals surface area contributed by atoms with Crippen LogP contribution in [0.2, 0.25) is 0 Å². The van der Waals surface area contributed by atoms with E-state index in [9.17, 15) is 4.79 Å². The van der Waals surface area contributed by atoms with Crippen molar-refractivity contribution >= 4 is 11.6 Å². The molecule has 1 rings (SSSR count). The number of unbranched alkanes of at least 4 members (excludes halogenated alkanes) is 1. The Morgan fingerprint density at radius 2 is 1.73 bits per heavy atom. The summed E-state index contributed by atoms with van der Waals surface area (Å²) < 4.78 is 15.7. The molecule has 0 aliphatic heterocycles. The van der Waals surface area contributed by atoms with Crippen LogP contribution in [-0.4, -0.2) is 32.9 Å². The maximum absolute atomic E-state index is 12.2. The summed E-state index contributed by atoms with van der Waals surface area (Å²) in [5.74, 6) is 0.983. The van der Waals surface area contributed by atoms with Crippen LogP contribution in [0.5, 0.6) is 17.2 Å². The second-order valence-corrected chi connectivity index (χ2v) is 4.81. The first-order valence-corrected chi connectivity index (χ1v) is 7.20. The van der Waals surface area contributed by atoms with Gasteiger partial charge >= 0.3 is 0 Å². The summed E-state index contributed by atoms with van der Waals surface area (Å²) in [6.45, 7) is 4.01. The first-order chi connectivity index (χ1) is 10.6. The molecule has 0 unspecified atom stereocenters. The minimum Gasteiger partial charge on any atom is -0.493 e. The molecule has 6 heteroatoms. The van der Waals surface area contributed by atoms with Crippen LogP contribution in [-0.2, 0) is 0 Å². The number of hydrazone groups is 1. The Hall–Kier alpha value is -2.24. The van der Waals surface area contributed by atoms with Gasteiger partial charge in [-0.1, -0.05) is 13.3 Å². The van der Waals surface area contributed by atoms with Gasteiger partial charge in [-0.2, -0.15) is 5.10 Å². The van der Waals surface area contributed by atoms with E-state index in [1.165, 1.54) is 21.3 Å². The highest BCUT2D eigenvalue weighted by Crippen LogP contribution is 2.38. The van der Waals surface area contributed by atoms with Gasteiger partial charge in [-0.3, -0.25) is 4.79 Å². The van der Waals surface area contributed by atoms with Gasteiger partial charge in [0.25, 0.3) is 5.91 Å². The first-order valence-electron chi connectivity index (χ1n) is 7.20. The standard InChI is InChI=1S/C16H24N2O4/c1-6-7-8-11(2)17-18-16(19)12-9-13(20-3)15(22-5)14(10-12)21-4/h9-10H,6-8H2,1-5H3,(H,18,19)/b17-11+. The van der Waals surface area contributed by atoms with E-state index in [2.05, 4.69) is 17.5 Å². The fraction of sp³-hybridized carbons (Fsp3) is 0.500. The SMILES string of the molecule is CCCC/C(C)=N/NC(=O)c1cc(OC)c(OC)c(OC)c1. The summed E-state index contributed by atoms with van der Waals surface area (Å²) in [5.41, 5.74) is 3.83. The van der Waals surface area contributed by atoms with Crippen molar-refractivity contribution < 1.29 is 19.0 Å². The number of hydrogen-bond acceptors (Lipinski definition) is 5.